The van der Waals surface area contributed by atoms with Crippen molar-refractivity contribution >= 4 is 33.4 Å². The van der Waals surface area contributed by atoms with Crippen LogP contribution in [0.1, 0.15) is 33.7 Å². The maximum absolute atomic E-state index is 12.1. The van der Waals surface area contributed by atoms with Crippen molar-refractivity contribution in [3.05, 3.63) is 29.1 Å². The summed E-state index contributed by atoms with van der Waals surface area (Å²) in [6.45, 7) is 6.95. The number of hydrogen-bond donors (Lipinski definition) is 1. The Morgan fingerprint density at radius 3 is 2.48 bits per heavy atom. The van der Waals surface area contributed by atoms with Crippen molar-refractivity contribution in [2.45, 2.75) is 33.7 Å². The molecule has 21 heavy (non-hydrogen) atoms. The SMILES string of the molecule is CC(C(=O)O)n1c(=NC(=O)C(C)(C)C)sc2ccccc21. The Kier molecular flexibility index (Phi) is 4.00. The van der Waals surface area contributed by atoms with Crippen molar-refractivity contribution in [3.8, 4) is 0 Å². The Bertz CT molecular complexity index is 765. The number of para-hydroxylation sites is 1. The smallest absolute Gasteiger partial charge is 0.326 e. The second-order valence-electron chi connectivity index (χ2n) is 5.90. The summed E-state index contributed by atoms with van der Waals surface area (Å²) in [4.78, 5) is 28.0. The summed E-state index contributed by atoms with van der Waals surface area (Å²) in [5.41, 5.74) is 0.179. The number of carbonyl (C=O) groups excluding carboxylic acids is 1. The minimum absolute atomic E-state index is 0.264. The molecule has 0 aliphatic heterocycles. The van der Waals surface area contributed by atoms with Gasteiger partial charge in [0, 0.05) is 5.41 Å². The van der Waals surface area contributed by atoms with Gasteiger partial charge in [0.15, 0.2) is 4.80 Å². The summed E-state index contributed by atoms with van der Waals surface area (Å²) in [6, 6.07) is 6.67. The molecule has 1 atom stereocenters. The molecule has 5 nitrogen and oxygen atoms in total. The number of nitrogens with zero attached hydrogens (tertiary/aromatic N) is 2. The van der Waals surface area contributed by atoms with Crippen LogP contribution in [0.3, 0.4) is 0 Å². The zero-order chi connectivity index (χ0) is 15.8. The quantitative estimate of drug-likeness (QED) is 0.927. The first-order valence-electron chi connectivity index (χ1n) is 6.64. The number of carbonyl (C=O) groups is 2. The lowest BCUT2D eigenvalue weighted by Gasteiger charge is -2.13. The van der Waals surface area contributed by atoms with Crippen molar-refractivity contribution in [1.29, 1.82) is 0 Å². The Balaban J connectivity index is 2.74. The second kappa shape index (κ2) is 5.44. The fraction of sp³-hybridized carbons (Fsp3) is 0.400. The van der Waals surface area contributed by atoms with Crippen LogP contribution in [0.2, 0.25) is 0 Å². The predicted molar refractivity (Wildman–Crippen MR) is 82.2 cm³/mol. The summed E-state index contributed by atoms with van der Waals surface area (Å²) in [6.07, 6.45) is 0. The summed E-state index contributed by atoms with van der Waals surface area (Å²) in [7, 11) is 0. The monoisotopic (exact) mass is 306 g/mol. The number of carboxylic acids is 1. The molecule has 0 fully saturated rings. The lowest BCUT2D eigenvalue weighted by atomic mass is 9.96. The second-order valence-corrected chi connectivity index (χ2v) is 6.91. The Morgan fingerprint density at radius 1 is 1.29 bits per heavy atom. The van der Waals surface area contributed by atoms with Crippen LogP contribution in [-0.4, -0.2) is 21.6 Å². The van der Waals surface area contributed by atoms with E-state index in [4.69, 9.17) is 0 Å². The van der Waals surface area contributed by atoms with Crippen molar-refractivity contribution in [2.24, 2.45) is 10.4 Å². The van der Waals surface area contributed by atoms with Gasteiger partial charge in [-0.1, -0.05) is 44.2 Å². The molecule has 1 aromatic heterocycles. The standard InChI is InChI=1S/C15H18N2O3S/c1-9(12(18)19)17-10-7-5-6-8-11(10)21-14(17)16-13(20)15(2,3)4/h5-9H,1-4H3,(H,18,19). The van der Waals surface area contributed by atoms with Gasteiger partial charge < -0.3 is 9.67 Å². The topological polar surface area (TPSA) is 71.7 Å². The predicted octanol–water partition coefficient (Wildman–Crippen LogP) is 2.82. The Hall–Kier alpha value is -1.95. The first kappa shape index (κ1) is 15.4. The number of amides is 1. The lowest BCUT2D eigenvalue weighted by Crippen LogP contribution is -2.28. The van der Waals surface area contributed by atoms with Gasteiger partial charge in [-0.25, -0.2) is 4.79 Å². The van der Waals surface area contributed by atoms with Crippen LogP contribution in [0.15, 0.2) is 29.3 Å². The third kappa shape index (κ3) is 3.05. The molecule has 1 heterocycles. The van der Waals surface area contributed by atoms with E-state index in [0.717, 1.165) is 10.2 Å². The molecule has 2 rings (SSSR count). The van der Waals surface area contributed by atoms with Gasteiger partial charge in [0.1, 0.15) is 6.04 Å². The van der Waals surface area contributed by atoms with E-state index in [0.29, 0.717) is 4.80 Å². The Morgan fingerprint density at radius 2 is 1.90 bits per heavy atom. The summed E-state index contributed by atoms with van der Waals surface area (Å²) in [5.74, 6) is -1.22. The summed E-state index contributed by atoms with van der Waals surface area (Å²) < 4.78 is 2.51. The van der Waals surface area contributed by atoms with Crippen LogP contribution in [0.4, 0.5) is 0 Å². The Labute approximate surface area is 126 Å². The van der Waals surface area contributed by atoms with E-state index >= 15 is 0 Å². The van der Waals surface area contributed by atoms with Gasteiger partial charge in [-0.2, -0.15) is 4.99 Å². The van der Waals surface area contributed by atoms with E-state index in [1.807, 2.05) is 24.3 Å². The number of fused-ring (bicyclic) bond motifs is 1. The van der Waals surface area contributed by atoms with Crippen LogP contribution in [0.25, 0.3) is 10.2 Å². The van der Waals surface area contributed by atoms with Crippen LogP contribution >= 0.6 is 11.3 Å². The lowest BCUT2D eigenvalue weighted by molar-refractivity contribution is -0.140. The van der Waals surface area contributed by atoms with Crippen LogP contribution < -0.4 is 4.80 Å². The van der Waals surface area contributed by atoms with E-state index < -0.39 is 17.4 Å². The maximum atomic E-state index is 12.1. The van der Waals surface area contributed by atoms with Crippen LogP contribution in [-0.2, 0) is 9.59 Å². The average molecular weight is 306 g/mol. The molecule has 1 unspecified atom stereocenters. The molecule has 0 spiro atoms. The minimum atomic E-state index is -0.955. The number of aliphatic carboxylic acids is 1. The van der Waals surface area contributed by atoms with Crippen LogP contribution in [0.5, 0.6) is 0 Å². The minimum Gasteiger partial charge on any atom is -0.480 e. The highest BCUT2D eigenvalue weighted by Gasteiger charge is 2.23. The first-order valence-corrected chi connectivity index (χ1v) is 7.45. The fourth-order valence-electron chi connectivity index (χ4n) is 1.81. The summed E-state index contributed by atoms with van der Waals surface area (Å²) in [5, 5.41) is 9.29. The number of hydrogen-bond acceptors (Lipinski definition) is 3. The molecule has 0 saturated carbocycles. The third-order valence-corrected chi connectivity index (χ3v) is 4.15. The molecular formula is C15H18N2O3S. The fourth-order valence-corrected chi connectivity index (χ4v) is 2.91. The maximum Gasteiger partial charge on any atom is 0.326 e. The van der Waals surface area contributed by atoms with Crippen molar-refractivity contribution < 1.29 is 14.7 Å². The summed E-state index contributed by atoms with van der Waals surface area (Å²) >= 11 is 1.33. The largest absolute Gasteiger partial charge is 0.480 e. The highest BCUT2D eigenvalue weighted by molar-refractivity contribution is 7.16. The van der Waals surface area contributed by atoms with Crippen LogP contribution in [0, 0.1) is 5.41 Å². The highest BCUT2D eigenvalue weighted by Crippen LogP contribution is 2.21. The zero-order valence-electron chi connectivity index (χ0n) is 12.5. The zero-order valence-corrected chi connectivity index (χ0v) is 13.3. The molecule has 0 saturated heterocycles. The van der Waals surface area contributed by atoms with E-state index in [-0.39, 0.29) is 5.91 Å². The number of carboxylic acid groups (broad SMARTS) is 1. The van der Waals surface area contributed by atoms with Gasteiger partial charge in [-0.05, 0) is 19.1 Å². The molecule has 6 heteroatoms. The van der Waals surface area contributed by atoms with E-state index in [2.05, 4.69) is 4.99 Å². The van der Waals surface area contributed by atoms with Gasteiger partial charge in [-0.3, -0.25) is 4.79 Å². The van der Waals surface area contributed by atoms with Gasteiger partial charge >= 0.3 is 5.97 Å². The van der Waals surface area contributed by atoms with E-state index in [1.54, 1.807) is 32.3 Å². The molecule has 1 amide bonds. The molecule has 0 bridgehead atoms. The van der Waals surface area contributed by atoms with Crippen molar-refractivity contribution in [3.63, 3.8) is 0 Å². The number of aromatic nitrogens is 1. The number of thiazole rings is 1. The first-order chi connectivity index (χ1) is 9.71. The molecule has 1 aromatic carbocycles. The van der Waals surface area contributed by atoms with Crippen molar-refractivity contribution in [2.75, 3.05) is 0 Å². The van der Waals surface area contributed by atoms with Gasteiger partial charge in [0.2, 0.25) is 0 Å². The molecule has 112 valence electrons. The van der Waals surface area contributed by atoms with Crippen molar-refractivity contribution in [1.82, 2.24) is 4.57 Å². The van der Waals surface area contributed by atoms with E-state index in [1.165, 1.54) is 11.3 Å². The average Bonchev–Trinajstić information content (AvgIpc) is 2.74. The number of rotatable bonds is 2. The number of benzene rings is 1. The molecule has 1 N–H and O–H groups in total. The molecule has 0 aliphatic rings. The van der Waals surface area contributed by atoms with E-state index in [9.17, 15) is 14.7 Å². The molecular weight excluding hydrogens is 288 g/mol. The molecule has 2 aromatic rings. The highest BCUT2D eigenvalue weighted by atomic mass is 32.1. The van der Waals surface area contributed by atoms with Gasteiger partial charge in [0.25, 0.3) is 5.91 Å². The van der Waals surface area contributed by atoms with Gasteiger partial charge in [-0.15, -0.1) is 0 Å². The third-order valence-electron chi connectivity index (χ3n) is 3.12. The molecule has 0 aliphatic carbocycles. The molecule has 0 radical (unpaired) electrons. The normalized spacial score (nSPS) is 14.4. The van der Waals surface area contributed by atoms with Gasteiger partial charge in [0.05, 0.1) is 10.2 Å².